The molecule has 1 amide bonds. The summed E-state index contributed by atoms with van der Waals surface area (Å²) in [7, 11) is 0. The molecule has 2 fully saturated rings. The van der Waals surface area contributed by atoms with Gasteiger partial charge in [-0.1, -0.05) is 12.8 Å². The largest absolute Gasteiger partial charge is 0.387 e. The first kappa shape index (κ1) is 14.0. The highest BCUT2D eigenvalue weighted by atomic mass is 32.1. The highest BCUT2D eigenvalue weighted by Crippen LogP contribution is 2.43. The van der Waals surface area contributed by atoms with Crippen LogP contribution in [0.15, 0.2) is 16.8 Å². The molecule has 1 aromatic heterocycles. The predicted molar refractivity (Wildman–Crippen MR) is 79.5 cm³/mol. The summed E-state index contributed by atoms with van der Waals surface area (Å²) >= 11 is 1.56. The van der Waals surface area contributed by atoms with Crippen LogP contribution in [0.1, 0.15) is 37.4 Å². The van der Waals surface area contributed by atoms with Crippen molar-refractivity contribution in [3.8, 4) is 0 Å². The van der Waals surface area contributed by atoms with E-state index in [0.29, 0.717) is 12.5 Å². The molecule has 110 valence electrons. The van der Waals surface area contributed by atoms with Gasteiger partial charge in [-0.15, -0.1) is 0 Å². The van der Waals surface area contributed by atoms with Gasteiger partial charge in [0.2, 0.25) is 5.91 Å². The Labute approximate surface area is 123 Å². The van der Waals surface area contributed by atoms with Gasteiger partial charge >= 0.3 is 0 Å². The van der Waals surface area contributed by atoms with Crippen LogP contribution in [0.3, 0.4) is 0 Å². The number of hydrogen-bond donors (Lipinski definition) is 3. The minimum Gasteiger partial charge on any atom is -0.387 e. The van der Waals surface area contributed by atoms with E-state index >= 15 is 0 Å². The molecule has 1 aliphatic heterocycles. The highest BCUT2D eigenvalue weighted by Gasteiger charge is 2.49. The summed E-state index contributed by atoms with van der Waals surface area (Å²) < 4.78 is 0. The molecule has 2 aliphatic rings. The van der Waals surface area contributed by atoms with Crippen molar-refractivity contribution >= 4 is 17.2 Å². The van der Waals surface area contributed by atoms with Crippen LogP contribution in [0.2, 0.25) is 0 Å². The SMILES string of the molecule is O=C(NCC(O)c1ccsc1)[C@@]12CCCC[C@H]1CNC2. The van der Waals surface area contributed by atoms with Crippen LogP contribution >= 0.6 is 11.3 Å². The molecule has 3 atom stereocenters. The lowest BCUT2D eigenvalue weighted by Gasteiger charge is -2.37. The maximum Gasteiger partial charge on any atom is 0.227 e. The first-order chi connectivity index (χ1) is 9.72. The molecule has 1 aliphatic carbocycles. The Balaban J connectivity index is 1.61. The van der Waals surface area contributed by atoms with Crippen molar-refractivity contribution in [3.63, 3.8) is 0 Å². The molecular weight excluding hydrogens is 272 g/mol. The average molecular weight is 294 g/mol. The van der Waals surface area contributed by atoms with Gasteiger partial charge in [-0.05, 0) is 47.7 Å². The van der Waals surface area contributed by atoms with Crippen LogP contribution in [0.4, 0.5) is 0 Å². The molecular formula is C15H22N2O2S. The Morgan fingerprint density at radius 1 is 1.60 bits per heavy atom. The number of aliphatic hydroxyl groups excluding tert-OH is 1. The van der Waals surface area contributed by atoms with Crippen LogP contribution in [-0.4, -0.2) is 30.6 Å². The Bertz CT molecular complexity index is 462. The van der Waals surface area contributed by atoms with Gasteiger partial charge in [0.05, 0.1) is 11.5 Å². The third-order valence-corrected chi connectivity index (χ3v) is 5.58. The maximum atomic E-state index is 12.6. The lowest BCUT2D eigenvalue weighted by molar-refractivity contribution is -0.134. The molecule has 0 spiro atoms. The molecule has 3 N–H and O–H groups in total. The first-order valence-electron chi connectivity index (χ1n) is 7.41. The number of nitrogens with one attached hydrogen (secondary N) is 2. The fraction of sp³-hybridized carbons (Fsp3) is 0.667. The second-order valence-electron chi connectivity index (χ2n) is 6.01. The Morgan fingerprint density at radius 3 is 3.30 bits per heavy atom. The summed E-state index contributed by atoms with van der Waals surface area (Å²) in [4.78, 5) is 12.6. The van der Waals surface area contributed by atoms with E-state index in [1.165, 1.54) is 6.42 Å². The van der Waals surface area contributed by atoms with Gasteiger partial charge in [0.1, 0.15) is 0 Å². The van der Waals surface area contributed by atoms with Crippen molar-refractivity contribution in [1.82, 2.24) is 10.6 Å². The van der Waals surface area contributed by atoms with Crippen LogP contribution in [0, 0.1) is 11.3 Å². The van der Waals surface area contributed by atoms with Crippen LogP contribution < -0.4 is 10.6 Å². The van der Waals surface area contributed by atoms with E-state index in [0.717, 1.165) is 37.9 Å². The fourth-order valence-electron chi connectivity index (χ4n) is 3.64. The summed E-state index contributed by atoms with van der Waals surface area (Å²) in [5.74, 6) is 0.594. The minimum absolute atomic E-state index is 0.126. The maximum absolute atomic E-state index is 12.6. The second kappa shape index (κ2) is 5.84. The van der Waals surface area contributed by atoms with E-state index in [1.807, 2.05) is 16.8 Å². The zero-order chi connectivity index (χ0) is 14.0. The summed E-state index contributed by atoms with van der Waals surface area (Å²) in [6.07, 6.45) is 3.90. The number of hydrogen-bond acceptors (Lipinski definition) is 4. The first-order valence-corrected chi connectivity index (χ1v) is 8.36. The number of rotatable bonds is 4. The van der Waals surface area contributed by atoms with Gasteiger partial charge in [-0.2, -0.15) is 11.3 Å². The van der Waals surface area contributed by atoms with E-state index in [4.69, 9.17) is 0 Å². The standard InChI is InChI=1S/C15H22N2O2S/c18-13(11-4-6-20-9-11)8-17-14(19)15-5-2-1-3-12(15)7-16-10-15/h4,6,9,12-13,16,18H,1-3,5,7-8,10H2,(H,17,19)/t12-,13?,15+/m0/s1. The quantitative estimate of drug-likeness (QED) is 0.792. The Kier molecular flexibility index (Phi) is 4.10. The third-order valence-electron chi connectivity index (χ3n) is 4.87. The van der Waals surface area contributed by atoms with Gasteiger partial charge in [0, 0.05) is 13.1 Å². The molecule has 0 bridgehead atoms. The van der Waals surface area contributed by atoms with Crippen LogP contribution in [0.5, 0.6) is 0 Å². The van der Waals surface area contributed by atoms with E-state index in [2.05, 4.69) is 10.6 Å². The normalized spacial score (nSPS) is 30.8. The number of thiophene rings is 1. The Hall–Kier alpha value is -0.910. The molecule has 1 aromatic rings. The molecule has 1 unspecified atom stereocenters. The molecule has 1 saturated heterocycles. The van der Waals surface area contributed by atoms with Gasteiger partial charge in [0.15, 0.2) is 0 Å². The smallest absolute Gasteiger partial charge is 0.227 e. The van der Waals surface area contributed by atoms with Crippen molar-refractivity contribution in [2.24, 2.45) is 11.3 Å². The molecule has 3 rings (SSSR count). The topological polar surface area (TPSA) is 61.4 Å². The number of fused-ring (bicyclic) bond motifs is 1. The molecule has 0 radical (unpaired) electrons. The number of carbonyl (C=O) groups is 1. The molecule has 20 heavy (non-hydrogen) atoms. The zero-order valence-electron chi connectivity index (χ0n) is 11.6. The van der Waals surface area contributed by atoms with Crippen LogP contribution in [0.25, 0.3) is 0 Å². The molecule has 0 aromatic carbocycles. The number of amides is 1. The zero-order valence-corrected chi connectivity index (χ0v) is 12.4. The second-order valence-corrected chi connectivity index (χ2v) is 6.79. The Morgan fingerprint density at radius 2 is 2.50 bits per heavy atom. The summed E-state index contributed by atoms with van der Waals surface area (Å²) in [5.41, 5.74) is 0.657. The van der Waals surface area contributed by atoms with Crippen LogP contribution in [-0.2, 0) is 4.79 Å². The lowest BCUT2D eigenvalue weighted by atomic mass is 9.67. The molecule has 1 saturated carbocycles. The monoisotopic (exact) mass is 294 g/mol. The highest BCUT2D eigenvalue weighted by molar-refractivity contribution is 7.07. The van der Waals surface area contributed by atoms with Crippen molar-refractivity contribution in [1.29, 1.82) is 0 Å². The summed E-state index contributed by atoms with van der Waals surface area (Å²) in [5, 5.41) is 20.3. The van der Waals surface area contributed by atoms with E-state index < -0.39 is 6.10 Å². The van der Waals surface area contributed by atoms with Crippen molar-refractivity contribution in [2.75, 3.05) is 19.6 Å². The number of carbonyl (C=O) groups excluding carboxylic acids is 1. The average Bonchev–Trinajstić information content (AvgIpc) is 3.13. The number of aliphatic hydroxyl groups is 1. The summed E-state index contributed by atoms with van der Waals surface area (Å²) in [6.45, 7) is 2.06. The molecule has 4 nitrogen and oxygen atoms in total. The van der Waals surface area contributed by atoms with Crippen molar-refractivity contribution < 1.29 is 9.90 Å². The van der Waals surface area contributed by atoms with E-state index in [1.54, 1.807) is 11.3 Å². The third kappa shape index (κ3) is 2.50. The van der Waals surface area contributed by atoms with Gasteiger partial charge in [-0.3, -0.25) is 4.79 Å². The van der Waals surface area contributed by atoms with Crippen molar-refractivity contribution in [3.05, 3.63) is 22.4 Å². The van der Waals surface area contributed by atoms with Gasteiger partial charge in [-0.25, -0.2) is 0 Å². The van der Waals surface area contributed by atoms with E-state index in [-0.39, 0.29) is 11.3 Å². The van der Waals surface area contributed by atoms with Gasteiger partial charge < -0.3 is 15.7 Å². The van der Waals surface area contributed by atoms with E-state index in [9.17, 15) is 9.90 Å². The minimum atomic E-state index is -0.599. The van der Waals surface area contributed by atoms with Crippen molar-refractivity contribution in [2.45, 2.75) is 31.8 Å². The lowest BCUT2D eigenvalue weighted by Crippen LogP contribution is -2.48. The summed E-state index contributed by atoms with van der Waals surface area (Å²) in [6, 6.07) is 1.90. The predicted octanol–water partition coefficient (Wildman–Crippen LogP) is 1.68. The fourth-order valence-corrected chi connectivity index (χ4v) is 4.35. The molecule has 5 heteroatoms. The molecule has 2 heterocycles. The van der Waals surface area contributed by atoms with Gasteiger partial charge in [0.25, 0.3) is 0 Å².